The van der Waals surface area contributed by atoms with Gasteiger partial charge < -0.3 is 19.3 Å². The van der Waals surface area contributed by atoms with Crippen LogP contribution in [0.25, 0.3) is 0 Å². The first-order valence-corrected chi connectivity index (χ1v) is 12.8. The molecule has 7 heteroatoms. The van der Waals surface area contributed by atoms with E-state index in [4.69, 9.17) is 14.0 Å². The lowest BCUT2D eigenvalue weighted by atomic mass is 11.1. The fraction of sp³-hybridized carbons (Fsp3) is 1.00. The van der Waals surface area contributed by atoms with Crippen LogP contribution < -0.4 is 11.1 Å². The van der Waals surface area contributed by atoms with Gasteiger partial charge >= 0.3 is 8.56 Å². The minimum atomic E-state index is -1.85. The Morgan fingerprint density at radius 3 is 2.21 bits per heavy atom. The van der Waals surface area contributed by atoms with Crippen LogP contribution in [0.1, 0.15) is 0 Å². The lowest BCUT2D eigenvalue weighted by Gasteiger charge is -2.31. The fourth-order valence-corrected chi connectivity index (χ4v) is 10.6. The summed E-state index contributed by atoms with van der Waals surface area (Å²) >= 11 is 0. The summed E-state index contributed by atoms with van der Waals surface area (Å²) in [6, 6.07) is 0. The largest absolute Gasteiger partial charge is 0.441 e. The van der Waals surface area contributed by atoms with E-state index >= 15 is 0 Å². The summed E-state index contributed by atoms with van der Waals surface area (Å²) < 4.78 is 11.9. The topological polar surface area (TPSA) is 56.5 Å². The number of nitrogens with one attached hydrogen (secondary N) is 1. The number of hydrogen-bond donors (Lipinski definition) is 2. The molecule has 0 unspecified atom stereocenters. The van der Waals surface area contributed by atoms with Crippen LogP contribution in [0.3, 0.4) is 0 Å². The van der Waals surface area contributed by atoms with Crippen LogP contribution in [-0.4, -0.2) is 39.5 Å². The van der Waals surface area contributed by atoms with Crippen LogP contribution in [0.5, 0.6) is 0 Å². The molecule has 3 N–H and O–H groups in total. The van der Waals surface area contributed by atoms with Crippen molar-refractivity contribution in [1.29, 1.82) is 0 Å². The second-order valence-electron chi connectivity index (χ2n) is 4.67. The van der Waals surface area contributed by atoms with Crippen LogP contribution in [0.4, 0.5) is 0 Å². The average Bonchev–Trinajstić information content (AvgIpc) is 1.93. The van der Waals surface area contributed by atoms with Crippen molar-refractivity contribution in [2.45, 2.75) is 32.7 Å². The first kappa shape index (κ1) is 14.5. The maximum absolute atomic E-state index is 6.04. The molecule has 0 bridgehead atoms. The Morgan fingerprint density at radius 1 is 1.21 bits per heavy atom. The standard InChI is InChI=1S/C7H24N2O2Si3/c1-13(2,3)11-14(4,5)10-12-7-9-6-8/h9H,6-8,12H2,1-5H3. The van der Waals surface area contributed by atoms with Gasteiger partial charge in [0.05, 0.1) is 0 Å². The van der Waals surface area contributed by atoms with Crippen LogP contribution >= 0.6 is 0 Å². The second kappa shape index (κ2) is 6.16. The summed E-state index contributed by atoms with van der Waals surface area (Å²) in [5.41, 5.74) is 5.32. The lowest BCUT2D eigenvalue weighted by molar-refractivity contribution is 0.408. The Kier molecular flexibility index (Phi) is 6.37. The second-order valence-corrected chi connectivity index (χ2v) is 14.6. The Balaban J connectivity index is 3.72. The van der Waals surface area contributed by atoms with E-state index in [1.54, 1.807) is 0 Å². The molecule has 0 amide bonds. The molecule has 0 aromatic rings. The summed E-state index contributed by atoms with van der Waals surface area (Å²) in [6.45, 7) is 11.4. The van der Waals surface area contributed by atoms with Crippen molar-refractivity contribution in [3.05, 3.63) is 0 Å². The van der Waals surface area contributed by atoms with Crippen molar-refractivity contribution < 1.29 is 8.23 Å². The highest BCUT2D eigenvalue weighted by molar-refractivity contribution is 6.82. The zero-order valence-electron chi connectivity index (χ0n) is 10.0. The van der Waals surface area contributed by atoms with Crippen molar-refractivity contribution in [2.24, 2.45) is 5.73 Å². The fourth-order valence-electron chi connectivity index (χ4n) is 1.24. The van der Waals surface area contributed by atoms with E-state index in [9.17, 15) is 0 Å². The molecule has 0 aromatic carbocycles. The first-order chi connectivity index (χ1) is 6.27. The number of rotatable bonds is 7. The maximum Gasteiger partial charge on any atom is 0.310 e. The van der Waals surface area contributed by atoms with E-state index in [1.165, 1.54) is 0 Å². The third-order valence-electron chi connectivity index (χ3n) is 1.42. The SMILES string of the molecule is C[Si](C)(C)O[Si](C)(C)O[SiH2]CNCN. The summed E-state index contributed by atoms with van der Waals surface area (Å²) in [6.07, 6.45) is 0.933. The summed E-state index contributed by atoms with van der Waals surface area (Å²) in [5, 5.41) is 3.08. The molecule has 14 heavy (non-hydrogen) atoms. The van der Waals surface area contributed by atoms with Crippen LogP contribution in [0, 0.1) is 0 Å². The highest BCUT2D eigenvalue weighted by Crippen LogP contribution is 2.14. The number of nitrogens with two attached hydrogens (primary N) is 1. The first-order valence-electron chi connectivity index (χ1n) is 5.02. The third kappa shape index (κ3) is 9.06. The molecule has 0 saturated heterocycles. The van der Waals surface area contributed by atoms with Crippen molar-refractivity contribution >= 4 is 26.6 Å². The Bertz CT molecular complexity index is 162. The maximum atomic E-state index is 6.04. The van der Waals surface area contributed by atoms with Crippen LogP contribution in [0.15, 0.2) is 0 Å². The Hall–Kier alpha value is 0.491. The van der Waals surface area contributed by atoms with Gasteiger partial charge in [0.2, 0.25) is 0 Å². The predicted molar refractivity (Wildman–Crippen MR) is 68.6 cm³/mol. The summed E-state index contributed by atoms with van der Waals surface area (Å²) in [4.78, 5) is 0. The molecular weight excluding hydrogens is 228 g/mol. The normalized spacial score (nSPS) is 14.1. The van der Waals surface area contributed by atoms with E-state index < -0.39 is 26.6 Å². The van der Waals surface area contributed by atoms with E-state index in [0.29, 0.717) is 6.67 Å². The molecule has 86 valence electrons. The quantitative estimate of drug-likeness (QED) is 0.383. The van der Waals surface area contributed by atoms with Gasteiger partial charge in [-0.05, 0) is 32.7 Å². The van der Waals surface area contributed by atoms with Gasteiger partial charge in [-0.25, -0.2) is 0 Å². The van der Waals surface area contributed by atoms with Crippen molar-refractivity contribution in [3.63, 3.8) is 0 Å². The highest BCUT2D eigenvalue weighted by atomic mass is 28.5. The number of hydrogen-bond acceptors (Lipinski definition) is 4. The molecule has 4 nitrogen and oxygen atoms in total. The minimum Gasteiger partial charge on any atom is -0.441 e. The molecule has 0 aliphatic carbocycles. The van der Waals surface area contributed by atoms with Gasteiger partial charge in [-0.1, -0.05) is 0 Å². The van der Waals surface area contributed by atoms with E-state index in [-0.39, 0.29) is 0 Å². The lowest BCUT2D eigenvalue weighted by Crippen LogP contribution is -2.46. The van der Waals surface area contributed by atoms with Gasteiger partial charge in [-0.2, -0.15) is 0 Å². The van der Waals surface area contributed by atoms with Gasteiger partial charge in [-0.15, -0.1) is 0 Å². The van der Waals surface area contributed by atoms with Crippen molar-refractivity contribution in [3.8, 4) is 0 Å². The van der Waals surface area contributed by atoms with Gasteiger partial charge in [0.1, 0.15) is 0 Å². The van der Waals surface area contributed by atoms with E-state index in [2.05, 4.69) is 38.1 Å². The minimum absolute atomic E-state index is 0.505. The molecule has 0 aromatic heterocycles. The zero-order valence-corrected chi connectivity index (χ0v) is 13.4. The predicted octanol–water partition coefficient (Wildman–Crippen LogP) is 0.103. The molecule has 0 heterocycles. The molecule has 0 rings (SSSR count). The summed E-state index contributed by atoms with van der Waals surface area (Å²) in [7, 11) is -3.80. The summed E-state index contributed by atoms with van der Waals surface area (Å²) in [5.74, 6) is 0. The smallest absolute Gasteiger partial charge is 0.310 e. The average molecular weight is 253 g/mol. The molecule has 0 spiro atoms. The van der Waals surface area contributed by atoms with E-state index in [1.807, 2.05) is 0 Å². The van der Waals surface area contributed by atoms with Crippen LogP contribution in [-0.2, 0) is 8.23 Å². The zero-order chi connectivity index (χ0) is 11.2. The van der Waals surface area contributed by atoms with Crippen molar-refractivity contribution in [2.75, 3.05) is 12.8 Å². The van der Waals surface area contributed by atoms with Gasteiger partial charge in [0.15, 0.2) is 18.1 Å². The Labute approximate surface area is 91.9 Å². The molecular formula is C7H24N2O2Si3. The van der Waals surface area contributed by atoms with Crippen molar-refractivity contribution in [1.82, 2.24) is 5.32 Å². The molecule has 0 aliphatic heterocycles. The highest BCUT2D eigenvalue weighted by Gasteiger charge is 2.30. The monoisotopic (exact) mass is 252 g/mol. The van der Waals surface area contributed by atoms with Gasteiger partial charge in [0, 0.05) is 12.8 Å². The van der Waals surface area contributed by atoms with Gasteiger partial charge in [0.25, 0.3) is 0 Å². The van der Waals surface area contributed by atoms with Gasteiger partial charge in [-0.3, -0.25) is 0 Å². The third-order valence-corrected chi connectivity index (χ3v) is 10.00. The van der Waals surface area contributed by atoms with Crippen LogP contribution in [0.2, 0.25) is 32.7 Å². The molecule has 0 atom stereocenters. The molecule has 0 aliphatic rings. The Morgan fingerprint density at radius 2 is 1.79 bits per heavy atom. The molecule has 0 radical (unpaired) electrons. The molecule has 0 saturated carbocycles. The molecule has 0 fully saturated rings. The van der Waals surface area contributed by atoms with E-state index in [0.717, 1.165) is 6.17 Å².